The van der Waals surface area contributed by atoms with Gasteiger partial charge in [-0.05, 0) is 22.3 Å². The summed E-state index contributed by atoms with van der Waals surface area (Å²) in [5.41, 5.74) is 2.74. The molecular weight excluding hydrogens is 352 g/mol. The number of carbonyl (C=O) groups excluding carboxylic acids is 1. The molecule has 1 atom stereocenters. The highest BCUT2D eigenvalue weighted by Gasteiger charge is 2.40. The molecule has 6 heteroatoms. The van der Waals surface area contributed by atoms with E-state index in [9.17, 15) is 10.1 Å². The summed E-state index contributed by atoms with van der Waals surface area (Å²) in [4.78, 5) is 12.9. The zero-order chi connectivity index (χ0) is 20.1. The van der Waals surface area contributed by atoms with E-state index in [1.54, 1.807) is 48.5 Å². The van der Waals surface area contributed by atoms with Crippen molar-refractivity contribution in [3.63, 3.8) is 0 Å². The number of Topliss-reactive ketones (excluding diaryl/α,β-unsaturated/α-hetero) is 1. The smallest absolute Gasteiger partial charge is 0.216 e. The number of benzene rings is 2. The van der Waals surface area contributed by atoms with Crippen LogP contribution in [0.2, 0.25) is 0 Å². The van der Waals surface area contributed by atoms with Gasteiger partial charge in [-0.1, -0.05) is 48.5 Å². The van der Waals surface area contributed by atoms with Crippen molar-refractivity contribution in [3.05, 3.63) is 76.5 Å². The Bertz CT molecular complexity index is 1090. The van der Waals surface area contributed by atoms with Crippen molar-refractivity contribution in [3.8, 4) is 18.2 Å². The molecule has 2 aromatic carbocycles. The van der Waals surface area contributed by atoms with E-state index in [0.29, 0.717) is 11.1 Å². The van der Waals surface area contributed by atoms with Crippen LogP contribution in [0.3, 0.4) is 0 Å². The van der Waals surface area contributed by atoms with Gasteiger partial charge < -0.3 is 4.74 Å². The summed E-state index contributed by atoms with van der Waals surface area (Å²) in [5.74, 6) is -1.74. The van der Waals surface area contributed by atoms with E-state index in [1.807, 2.05) is 12.1 Å². The highest BCUT2D eigenvalue weighted by Crippen LogP contribution is 2.34. The van der Waals surface area contributed by atoms with Gasteiger partial charge in [0.25, 0.3) is 0 Å². The Morgan fingerprint density at radius 1 is 0.929 bits per heavy atom. The molecular formula is C22H14N4O2. The first kappa shape index (κ1) is 18.6. The monoisotopic (exact) mass is 366 g/mol. The van der Waals surface area contributed by atoms with Gasteiger partial charge in [0.05, 0.1) is 25.0 Å². The Kier molecular flexibility index (Phi) is 5.30. The minimum Gasteiger partial charge on any atom is -0.437 e. The number of rotatable bonds is 4. The second-order valence-corrected chi connectivity index (χ2v) is 6.19. The van der Waals surface area contributed by atoms with E-state index in [-0.39, 0.29) is 30.1 Å². The van der Waals surface area contributed by atoms with Crippen LogP contribution in [0.15, 0.2) is 54.3 Å². The number of nitrogens with one attached hydrogen (secondary N) is 1. The molecule has 1 aliphatic rings. The predicted octanol–water partition coefficient (Wildman–Crippen LogP) is 3.41. The summed E-state index contributed by atoms with van der Waals surface area (Å²) in [6, 6.07) is 19.7. The Labute approximate surface area is 162 Å². The summed E-state index contributed by atoms with van der Waals surface area (Å²) in [5, 5.41) is 35.2. The Morgan fingerprint density at radius 2 is 1.46 bits per heavy atom. The van der Waals surface area contributed by atoms with Gasteiger partial charge in [-0.3, -0.25) is 10.2 Å². The van der Waals surface area contributed by atoms with E-state index in [4.69, 9.17) is 20.7 Å². The molecule has 1 N–H and O–H groups in total. The molecule has 1 unspecified atom stereocenters. The maximum atomic E-state index is 12.9. The normalized spacial score (nSPS) is 17.2. The first-order valence-corrected chi connectivity index (χ1v) is 8.46. The first-order chi connectivity index (χ1) is 13.6. The van der Waals surface area contributed by atoms with Gasteiger partial charge in [-0.25, -0.2) is 0 Å². The standard InChI is InChI=1S/C22H14N4O2/c23-11-9-14-1-5-16(6-2-14)18(13-25)21-20(27)19(22(26)28-21)17-7-3-15(4-8-17)10-12-24/h1-8,19,26H,9-10H2. The van der Waals surface area contributed by atoms with Crippen LogP contribution in [0.4, 0.5) is 0 Å². The molecule has 6 nitrogen and oxygen atoms in total. The summed E-state index contributed by atoms with van der Waals surface area (Å²) >= 11 is 0. The lowest BCUT2D eigenvalue weighted by Gasteiger charge is -2.06. The predicted molar refractivity (Wildman–Crippen MR) is 101 cm³/mol. The number of carbonyl (C=O) groups is 1. The average Bonchev–Trinajstić information content (AvgIpc) is 2.99. The molecule has 134 valence electrons. The third-order valence-corrected chi connectivity index (χ3v) is 4.42. The first-order valence-electron chi connectivity index (χ1n) is 8.46. The largest absolute Gasteiger partial charge is 0.437 e. The SMILES string of the molecule is N#CCc1ccc(C(C#N)=C2OC(=N)C(c3ccc(CC#N)cc3)C2=O)cc1. The van der Waals surface area contributed by atoms with Crippen molar-refractivity contribution in [1.29, 1.82) is 21.2 Å². The maximum absolute atomic E-state index is 12.9. The molecule has 1 fully saturated rings. The van der Waals surface area contributed by atoms with Crippen molar-refractivity contribution in [2.45, 2.75) is 18.8 Å². The molecule has 1 aliphatic heterocycles. The molecule has 0 bridgehead atoms. The number of nitrogens with zero attached hydrogens (tertiary/aromatic N) is 3. The number of hydrogen-bond donors (Lipinski definition) is 1. The average molecular weight is 366 g/mol. The van der Waals surface area contributed by atoms with Gasteiger partial charge in [-0.15, -0.1) is 0 Å². The zero-order valence-corrected chi connectivity index (χ0v) is 14.8. The minimum atomic E-state index is -0.910. The fourth-order valence-corrected chi connectivity index (χ4v) is 2.99. The Hall–Kier alpha value is -4.21. The fourth-order valence-electron chi connectivity index (χ4n) is 2.99. The van der Waals surface area contributed by atoms with Crippen molar-refractivity contribution in [1.82, 2.24) is 0 Å². The number of ether oxygens (including phenoxy) is 1. The lowest BCUT2D eigenvalue weighted by Crippen LogP contribution is -2.12. The Morgan fingerprint density at radius 3 is 1.96 bits per heavy atom. The van der Waals surface area contributed by atoms with Gasteiger partial charge in [-0.2, -0.15) is 15.8 Å². The van der Waals surface area contributed by atoms with Crippen LogP contribution in [-0.4, -0.2) is 11.7 Å². The minimum absolute atomic E-state index is 0.0573. The summed E-state index contributed by atoms with van der Waals surface area (Å²) in [6.45, 7) is 0. The maximum Gasteiger partial charge on any atom is 0.216 e. The molecule has 0 spiro atoms. The molecule has 3 rings (SSSR count). The van der Waals surface area contributed by atoms with Gasteiger partial charge in [0, 0.05) is 0 Å². The summed E-state index contributed by atoms with van der Waals surface area (Å²) < 4.78 is 5.39. The van der Waals surface area contributed by atoms with Crippen LogP contribution in [0.25, 0.3) is 5.57 Å². The van der Waals surface area contributed by atoms with Crippen LogP contribution in [0, 0.1) is 39.4 Å². The van der Waals surface area contributed by atoms with Gasteiger partial charge in [0.2, 0.25) is 11.7 Å². The van der Waals surface area contributed by atoms with E-state index >= 15 is 0 Å². The van der Waals surface area contributed by atoms with E-state index in [2.05, 4.69) is 6.07 Å². The van der Waals surface area contributed by atoms with E-state index in [0.717, 1.165) is 11.1 Å². The lowest BCUT2D eigenvalue weighted by molar-refractivity contribution is -0.115. The highest BCUT2D eigenvalue weighted by atomic mass is 16.5. The van der Waals surface area contributed by atoms with E-state index < -0.39 is 11.7 Å². The topological polar surface area (TPSA) is 122 Å². The fraction of sp³-hybridized carbons (Fsp3) is 0.136. The number of hydrogen-bond acceptors (Lipinski definition) is 6. The number of nitriles is 3. The second kappa shape index (κ2) is 7.99. The molecule has 0 aromatic heterocycles. The molecule has 2 aromatic rings. The van der Waals surface area contributed by atoms with Crippen molar-refractivity contribution in [2.75, 3.05) is 0 Å². The van der Waals surface area contributed by atoms with Crippen LogP contribution < -0.4 is 0 Å². The van der Waals surface area contributed by atoms with Crippen molar-refractivity contribution in [2.24, 2.45) is 0 Å². The third kappa shape index (κ3) is 3.51. The molecule has 28 heavy (non-hydrogen) atoms. The molecule has 0 radical (unpaired) electrons. The Balaban J connectivity index is 1.95. The summed E-state index contributed by atoms with van der Waals surface area (Å²) in [6.07, 6.45) is 0.515. The van der Waals surface area contributed by atoms with Gasteiger partial charge in [0.1, 0.15) is 17.6 Å². The van der Waals surface area contributed by atoms with Crippen molar-refractivity contribution < 1.29 is 9.53 Å². The van der Waals surface area contributed by atoms with Crippen LogP contribution in [-0.2, 0) is 22.4 Å². The highest BCUT2D eigenvalue weighted by molar-refractivity contribution is 6.21. The van der Waals surface area contributed by atoms with Gasteiger partial charge in [0.15, 0.2) is 5.76 Å². The lowest BCUT2D eigenvalue weighted by atomic mass is 9.92. The van der Waals surface area contributed by atoms with Crippen LogP contribution in [0.1, 0.15) is 28.2 Å². The summed E-state index contributed by atoms with van der Waals surface area (Å²) in [7, 11) is 0. The third-order valence-electron chi connectivity index (χ3n) is 4.42. The molecule has 0 amide bonds. The van der Waals surface area contributed by atoms with Crippen LogP contribution in [0.5, 0.6) is 0 Å². The number of allylic oxidation sites excluding steroid dienone is 2. The zero-order valence-electron chi connectivity index (χ0n) is 14.8. The van der Waals surface area contributed by atoms with Gasteiger partial charge >= 0.3 is 0 Å². The van der Waals surface area contributed by atoms with Crippen molar-refractivity contribution >= 4 is 17.3 Å². The molecule has 0 saturated carbocycles. The quantitative estimate of drug-likeness (QED) is 0.656. The second-order valence-electron chi connectivity index (χ2n) is 6.19. The molecule has 1 saturated heterocycles. The number of ketones is 1. The molecule has 1 heterocycles. The van der Waals surface area contributed by atoms with E-state index in [1.165, 1.54) is 0 Å². The van der Waals surface area contributed by atoms with Crippen LogP contribution >= 0.6 is 0 Å². The molecule has 0 aliphatic carbocycles.